The molecule has 1 atom stereocenters. The zero-order valence-electron chi connectivity index (χ0n) is 12.4. The maximum absolute atomic E-state index is 12.8. The zero-order valence-corrected chi connectivity index (χ0v) is 13.3. The quantitative estimate of drug-likeness (QED) is 0.609. The topological polar surface area (TPSA) is 132 Å². The Labute approximate surface area is 139 Å². The molecule has 138 valence electrons. The lowest BCUT2D eigenvalue weighted by molar-refractivity contribution is -0.392. The lowest BCUT2D eigenvalue weighted by atomic mass is 10.1. The van der Waals surface area contributed by atoms with Crippen LogP contribution in [0.25, 0.3) is 0 Å². The Kier molecular flexibility index (Phi) is 4.88. The van der Waals surface area contributed by atoms with Gasteiger partial charge < -0.3 is 5.32 Å². The normalized spacial score (nSPS) is 19.6. The molecule has 1 aliphatic rings. The fourth-order valence-corrected chi connectivity index (χ4v) is 4.39. The molecular formula is C12H12F3N3O6S. The molecule has 1 aromatic carbocycles. The zero-order chi connectivity index (χ0) is 19.0. The summed E-state index contributed by atoms with van der Waals surface area (Å²) in [6, 6.07) is 0.418. The van der Waals surface area contributed by atoms with E-state index >= 15 is 0 Å². The van der Waals surface area contributed by atoms with Crippen LogP contribution in [0.15, 0.2) is 12.1 Å². The molecule has 13 heteroatoms. The molecule has 0 aliphatic carbocycles. The highest BCUT2D eigenvalue weighted by Gasteiger charge is 2.38. The number of halogens is 3. The minimum Gasteiger partial charge on any atom is -0.374 e. The van der Waals surface area contributed by atoms with Gasteiger partial charge in [-0.15, -0.1) is 0 Å². The van der Waals surface area contributed by atoms with Crippen molar-refractivity contribution in [3.63, 3.8) is 0 Å². The van der Waals surface area contributed by atoms with Crippen molar-refractivity contribution in [1.82, 2.24) is 0 Å². The van der Waals surface area contributed by atoms with Gasteiger partial charge in [-0.2, -0.15) is 13.2 Å². The van der Waals surface area contributed by atoms with Crippen LogP contribution in [0, 0.1) is 26.1 Å². The van der Waals surface area contributed by atoms with E-state index in [1.165, 1.54) is 0 Å². The second-order valence-electron chi connectivity index (χ2n) is 5.55. The maximum Gasteiger partial charge on any atom is 0.416 e. The van der Waals surface area contributed by atoms with Crippen LogP contribution < -0.4 is 5.32 Å². The van der Waals surface area contributed by atoms with Gasteiger partial charge >= 0.3 is 6.18 Å². The van der Waals surface area contributed by atoms with E-state index < -0.39 is 54.4 Å². The Morgan fingerprint density at radius 2 is 1.68 bits per heavy atom. The van der Waals surface area contributed by atoms with Crippen molar-refractivity contribution in [3.8, 4) is 0 Å². The van der Waals surface area contributed by atoms with Crippen LogP contribution in [-0.4, -0.2) is 36.3 Å². The molecule has 1 fully saturated rings. The largest absolute Gasteiger partial charge is 0.416 e. The maximum atomic E-state index is 12.8. The summed E-state index contributed by atoms with van der Waals surface area (Å²) in [4.78, 5) is 19.8. The van der Waals surface area contributed by atoms with Crippen molar-refractivity contribution in [2.24, 2.45) is 5.92 Å². The van der Waals surface area contributed by atoms with Crippen LogP contribution >= 0.6 is 0 Å². The van der Waals surface area contributed by atoms with Gasteiger partial charge in [0, 0.05) is 18.7 Å². The second-order valence-corrected chi connectivity index (χ2v) is 7.78. The summed E-state index contributed by atoms with van der Waals surface area (Å²) in [6.45, 7) is -0.147. The monoisotopic (exact) mass is 383 g/mol. The smallest absolute Gasteiger partial charge is 0.374 e. The van der Waals surface area contributed by atoms with Crippen LogP contribution in [0.1, 0.15) is 12.0 Å². The van der Waals surface area contributed by atoms with Crippen molar-refractivity contribution in [1.29, 1.82) is 0 Å². The Bertz CT molecular complexity index is 789. The molecule has 0 spiro atoms. The lowest BCUT2D eigenvalue weighted by Gasteiger charge is -2.13. The molecule has 1 aliphatic heterocycles. The fourth-order valence-electron chi connectivity index (χ4n) is 2.52. The van der Waals surface area contributed by atoms with E-state index in [2.05, 4.69) is 5.32 Å². The van der Waals surface area contributed by atoms with Crippen LogP contribution in [0.2, 0.25) is 0 Å². The van der Waals surface area contributed by atoms with Gasteiger partial charge in [0.25, 0.3) is 11.4 Å². The van der Waals surface area contributed by atoms with Crippen molar-refractivity contribution in [3.05, 3.63) is 37.9 Å². The third-order valence-corrected chi connectivity index (χ3v) is 5.55. The highest BCUT2D eigenvalue weighted by atomic mass is 32.2. The fraction of sp³-hybridized carbons (Fsp3) is 0.500. The Balaban J connectivity index is 2.41. The standard InChI is InChI=1S/C12H12F3N3O6S/c13-12(14,15)8-3-9(17(19)20)11(10(4-8)18(21)22)16-5-7-1-2-25(23,24)6-7/h3-4,7,16H,1-2,5-6H2/t7-/m0/s1. The molecule has 0 aromatic heterocycles. The first-order chi connectivity index (χ1) is 11.4. The summed E-state index contributed by atoms with van der Waals surface area (Å²) in [6.07, 6.45) is -4.73. The lowest BCUT2D eigenvalue weighted by Crippen LogP contribution is -2.18. The van der Waals surface area contributed by atoms with E-state index in [9.17, 15) is 41.8 Å². The van der Waals surface area contributed by atoms with Crippen molar-refractivity contribution in [2.75, 3.05) is 23.4 Å². The molecular weight excluding hydrogens is 371 g/mol. The molecule has 0 bridgehead atoms. The highest BCUT2D eigenvalue weighted by Crippen LogP contribution is 2.41. The Morgan fingerprint density at radius 3 is 2.04 bits per heavy atom. The highest BCUT2D eigenvalue weighted by molar-refractivity contribution is 7.91. The number of anilines is 1. The van der Waals surface area contributed by atoms with Gasteiger partial charge in [0.05, 0.1) is 26.9 Å². The number of nitrogens with one attached hydrogen (secondary N) is 1. The number of nitrogens with zero attached hydrogens (tertiary/aromatic N) is 2. The number of nitro benzene ring substituents is 2. The third kappa shape index (κ3) is 4.35. The third-order valence-electron chi connectivity index (χ3n) is 3.71. The molecule has 25 heavy (non-hydrogen) atoms. The predicted octanol–water partition coefficient (Wildman–Crippen LogP) is 2.37. The van der Waals surface area contributed by atoms with Crippen LogP contribution in [0.5, 0.6) is 0 Å². The SMILES string of the molecule is O=[N+]([O-])c1cc(C(F)(F)F)cc([N+](=O)[O-])c1NC[C@@H]1CCS(=O)(=O)C1. The van der Waals surface area contributed by atoms with E-state index in [1.807, 2.05) is 0 Å². The molecule has 1 N–H and O–H groups in total. The van der Waals surface area contributed by atoms with Crippen LogP contribution in [-0.2, 0) is 16.0 Å². The molecule has 2 rings (SSSR count). The first kappa shape index (κ1) is 18.9. The van der Waals surface area contributed by atoms with E-state index in [1.54, 1.807) is 0 Å². The summed E-state index contributed by atoms with van der Waals surface area (Å²) in [5.41, 5.74) is -4.38. The molecule has 1 saturated heterocycles. The van der Waals surface area contributed by atoms with E-state index in [-0.39, 0.29) is 36.6 Å². The molecule has 0 unspecified atom stereocenters. The first-order valence-corrected chi connectivity index (χ1v) is 8.71. The Morgan fingerprint density at radius 1 is 1.16 bits per heavy atom. The average Bonchev–Trinajstić information content (AvgIpc) is 2.82. The summed E-state index contributed by atoms with van der Waals surface area (Å²) >= 11 is 0. The van der Waals surface area contributed by atoms with E-state index in [4.69, 9.17) is 0 Å². The minimum atomic E-state index is -4.99. The van der Waals surface area contributed by atoms with Gasteiger partial charge in [0.1, 0.15) is 0 Å². The predicted molar refractivity (Wildman–Crippen MR) is 80.0 cm³/mol. The Hall–Kier alpha value is -2.44. The molecule has 9 nitrogen and oxygen atoms in total. The van der Waals surface area contributed by atoms with Crippen molar-refractivity contribution < 1.29 is 31.4 Å². The number of sulfone groups is 1. The number of nitro groups is 2. The van der Waals surface area contributed by atoms with E-state index in [0.29, 0.717) is 0 Å². The molecule has 0 amide bonds. The summed E-state index contributed by atoms with van der Waals surface area (Å²) in [7, 11) is -3.24. The number of alkyl halides is 3. The van der Waals surface area contributed by atoms with Gasteiger partial charge in [-0.25, -0.2) is 8.42 Å². The first-order valence-electron chi connectivity index (χ1n) is 6.89. The van der Waals surface area contributed by atoms with Gasteiger partial charge in [-0.3, -0.25) is 20.2 Å². The number of hydrogen-bond acceptors (Lipinski definition) is 7. The molecule has 1 aromatic rings. The summed E-state index contributed by atoms with van der Waals surface area (Å²) in [5, 5.41) is 24.5. The summed E-state index contributed by atoms with van der Waals surface area (Å²) < 4.78 is 61.1. The van der Waals surface area contributed by atoms with Crippen molar-refractivity contribution >= 4 is 26.9 Å². The van der Waals surface area contributed by atoms with Crippen LogP contribution in [0.4, 0.5) is 30.2 Å². The number of rotatable bonds is 5. The van der Waals surface area contributed by atoms with Crippen LogP contribution in [0.3, 0.4) is 0 Å². The van der Waals surface area contributed by atoms with Crippen molar-refractivity contribution in [2.45, 2.75) is 12.6 Å². The minimum absolute atomic E-state index is 0.0729. The summed E-state index contributed by atoms with van der Waals surface area (Å²) in [5.74, 6) is -0.704. The van der Waals surface area contributed by atoms with Gasteiger partial charge in [-0.05, 0) is 12.3 Å². The van der Waals surface area contributed by atoms with Gasteiger partial charge in [-0.1, -0.05) is 0 Å². The number of hydrogen-bond donors (Lipinski definition) is 1. The molecule has 0 saturated carbocycles. The second kappa shape index (κ2) is 6.46. The van der Waals surface area contributed by atoms with E-state index in [0.717, 1.165) is 0 Å². The average molecular weight is 383 g/mol. The number of benzene rings is 1. The van der Waals surface area contributed by atoms with Gasteiger partial charge in [0.2, 0.25) is 0 Å². The molecule has 1 heterocycles. The molecule has 0 radical (unpaired) electrons. The van der Waals surface area contributed by atoms with Gasteiger partial charge in [0.15, 0.2) is 15.5 Å².